The van der Waals surface area contributed by atoms with Crippen molar-refractivity contribution in [1.82, 2.24) is 5.32 Å². The summed E-state index contributed by atoms with van der Waals surface area (Å²) in [7, 11) is 1.54. The molecule has 2 aromatic rings. The molecule has 8 heteroatoms. The van der Waals surface area contributed by atoms with Crippen molar-refractivity contribution in [1.29, 1.82) is 0 Å². The minimum absolute atomic E-state index is 0.0599. The molecule has 1 N–H and O–H groups in total. The van der Waals surface area contributed by atoms with Gasteiger partial charge in [-0.2, -0.15) is 0 Å². The highest BCUT2D eigenvalue weighted by molar-refractivity contribution is 5.92. The van der Waals surface area contributed by atoms with Crippen LogP contribution in [0.2, 0.25) is 0 Å². The van der Waals surface area contributed by atoms with Gasteiger partial charge in [0.05, 0.1) is 36.2 Å². The molecule has 0 saturated heterocycles. The first-order valence-corrected chi connectivity index (χ1v) is 9.35. The van der Waals surface area contributed by atoms with Crippen molar-refractivity contribution in [2.45, 2.75) is 32.4 Å². The van der Waals surface area contributed by atoms with E-state index in [9.17, 15) is 19.7 Å². The van der Waals surface area contributed by atoms with E-state index in [0.717, 1.165) is 0 Å². The lowest BCUT2D eigenvalue weighted by atomic mass is 10.0. The molecule has 1 amide bonds. The number of benzene rings is 2. The quantitative estimate of drug-likeness (QED) is 0.290. The zero-order valence-corrected chi connectivity index (χ0v) is 17.0. The van der Waals surface area contributed by atoms with Crippen molar-refractivity contribution in [2.24, 2.45) is 0 Å². The lowest BCUT2D eigenvalue weighted by Gasteiger charge is -2.19. The van der Waals surface area contributed by atoms with E-state index in [0.29, 0.717) is 16.9 Å². The van der Waals surface area contributed by atoms with Crippen molar-refractivity contribution >= 4 is 23.6 Å². The van der Waals surface area contributed by atoms with Crippen LogP contribution in [0.1, 0.15) is 37.4 Å². The Hall–Kier alpha value is -3.68. The topological polar surface area (TPSA) is 108 Å². The molecular formula is C22H24N2O6. The van der Waals surface area contributed by atoms with Crippen LogP contribution in [0.4, 0.5) is 5.69 Å². The van der Waals surface area contributed by atoms with Crippen LogP contribution >= 0.6 is 0 Å². The van der Waals surface area contributed by atoms with Crippen LogP contribution in [-0.4, -0.2) is 30.0 Å². The molecular weight excluding hydrogens is 388 g/mol. The van der Waals surface area contributed by atoms with Gasteiger partial charge in [0.1, 0.15) is 5.75 Å². The summed E-state index contributed by atoms with van der Waals surface area (Å²) in [4.78, 5) is 35.2. The van der Waals surface area contributed by atoms with Gasteiger partial charge < -0.3 is 14.8 Å². The molecule has 8 nitrogen and oxygen atoms in total. The van der Waals surface area contributed by atoms with Gasteiger partial charge in [0, 0.05) is 12.1 Å². The normalized spacial score (nSPS) is 11.9. The number of rotatable bonds is 9. The van der Waals surface area contributed by atoms with E-state index in [2.05, 4.69) is 5.32 Å². The van der Waals surface area contributed by atoms with Crippen molar-refractivity contribution in [2.75, 3.05) is 7.11 Å². The van der Waals surface area contributed by atoms with Gasteiger partial charge in [0.2, 0.25) is 5.91 Å². The predicted molar refractivity (Wildman–Crippen MR) is 112 cm³/mol. The van der Waals surface area contributed by atoms with Gasteiger partial charge in [-0.05, 0) is 43.7 Å². The van der Waals surface area contributed by atoms with Crippen molar-refractivity contribution < 1.29 is 24.0 Å². The van der Waals surface area contributed by atoms with Crippen molar-refractivity contribution in [3.05, 3.63) is 75.8 Å². The first-order chi connectivity index (χ1) is 14.3. The molecule has 0 aromatic heterocycles. The number of methoxy groups -OCH3 is 1. The molecule has 0 aliphatic heterocycles. The minimum Gasteiger partial charge on any atom is -0.497 e. The maximum absolute atomic E-state index is 12.5. The first kappa shape index (κ1) is 22.6. The number of ether oxygens (including phenoxy) is 2. The molecule has 0 aliphatic rings. The predicted octanol–water partition coefficient (Wildman–Crippen LogP) is 3.82. The van der Waals surface area contributed by atoms with Gasteiger partial charge in [-0.3, -0.25) is 19.7 Å². The lowest BCUT2D eigenvalue weighted by Crippen LogP contribution is -2.29. The van der Waals surface area contributed by atoms with Gasteiger partial charge in [-0.15, -0.1) is 0 Å². The van der Waals surface area contributed by atoms with Crippen LogP contribution in [-0.2, 0) is 14.3 Å². The number of carbonyl (C=O) groups excluding carboxylic acids is 2. The standard InChI is InChI=1S/C22H24N2O6/c1-15(2)30-22(26)14-19(16-8-11-18(29-3)12-9-16)23-21(25)13-10-17-6-4-5-7-20(17)24(27)28/h4-13,15,19H,14H2,1-3H3,(H,23,25). The zero-order valence-electron chi connectivity index (χ0n) is 17.0. The van der Waals surface area contributed by atoms with Gasteiger partial charge in [0.15, 0.2) is 0 Å². The molecule has 0 fully saturated rings. The third kappa shape index (κ3) is 6.73. The Kier molecular flexibility index (Phi) is 8.10. The Balaban J connectivity index is 2.18. The Morgan fingerprint density at radius 1 is 1.13 bits per heavy atom. The molecule has 0 spiro atoms. The van der Waals surface area contributed by atoms with Gasteiger partial charge in [0.25, 0.3) is 5.69 Å². The number of hydrogen-bond donors (Lipinski definition) is 1. The number of amides is 1. The van der Waals surface area contributed by atoms with Crippen LogP contribution in [0.3, 0.4) is 0 Å². The average molecular weight is 412 g/mol. The third-order valence-electron chi connectivity index (χ3n) is 4.12. The maximum Gasteiger partial charge on any atom is 0.308 e. The molecule has 1 atom stereocenters. The number of nitrogens with zero attached hydrogens (tertiary/aromatic N) is 1. The lowest BCUT2D eigenvalue weighted by molar-refractivity contribution is -0.385. The number of nitro benzene ring substituents is 1. The molecule has 158 valence electrons. The molecule has 0 bridgehead atoms. The first-order valence-electron chi connectivity index (χ1n) is 9.35. The summed E-state index contributed by atoms with van der Waals surface area (Å²) in [5, 5.41) is 13.9. The highest BCUT2D eigenvalue weighted by Crippen LogP contribution is 2.22. The second-order valence-corrected chi connectivity index (χ2v) is 6.73. The fraction of sp³-hybridized carbons (Fsp3) is 0.273. The highest BCUT2D eigenvalue weighted by Gasteiger charge is 2.20. The molecule has 2 aromatic carbocycles. The second-order valence-electron chi connectivity index (χ2n) is 6.73. The highest BCUT2D eigenvalue weighted by atomic mass is 16.6. The summed E-state index contributed by atoms with van der Waals surface area (Å²) in [6.45, 7) is 3.49. The Morgan fingerprint density at radius 3 is 2.40 bits per heavy atom. The van der Waals surface area contributed by atoms with E-state index in [1.54, 1.807) is 63.4 Å². The number of para-hydroxylation sites is 1. The Labute approximate surface area is 174 Å². The van der Waals surface area contributed by atoms with E-state index in [-0.39, 0.29) is 18.2 Å². The number of hydrogen-bond acceptors (Lipinski definition) is 6. The number of esters is 1. The van der Waals surface area contributed by atoms with E-state index in [1.807, 2.05) is 0 Å². The molecule has 0 saturated carbocycles. The van der Waals surface area contributed by atoms with Crippen molar-refractivity contribution in [3.63, 3.8) is 0 Å². The SMILES string of the molecule is COc1ccc(C(CC(=O)OC(C)C)NC(=O)C=Cc2ccccc2[N+](=O)[O-])cc1. The maximum atomic E-state index is 12.5. The second kappa shape index (κ2) is 10.8. The van der Waals surface area contributed by atoms with Crippen LogP contribution in [0.5, 0.6) is 5.75 Å². The number of nitro groups is 1. The molecule has 1 unspecified atom stereocenters. The van der Waals surface area contributed by atoms with E-state index >= 15 is 0 Å². The van der Waals surface area contributed by atoms with Gasteiger partial charge in [-0.1, -0.05) is 24.3 Å². The monoisotopic (exact) mass is 412 g/mol. The summed E-state index contributed by atoms with van der Waals surface area (Å²) in [5.41, 5.74) is 0.899. The van der Waals surface area contributed by atoms with E-state index in [4.69, 9.17) is 9.47 Å². The smallest absolute Gasteiger partial charge is 0.308 e. The van der Waals surface area contributed by atoms with Crippen LogP contribution in [0.25, 0.3) is 6.08 Å². The van der Waals surface area contributed by atoms with Gasteiger partial charge in [-0.25, -0.2) is 0 Å². The Bertz CT molecular complexity index is 921. The van der Waals surface area contributed by atoms with E-state index < -0.39 is 22.8 Å². The van der Waals surface area contributed by atoms with Crippen molar-refractivity contribution in [3.8, 4) is 5.75 Å². The summed E-state index contributed by atoms with van der Waals surface area (Å²) < 4.78 is 10.3. The summed E-state index contributed by atoms with van der Waals surface area (Å²) in [6, 6.07) is 12.4. The van der Waals surface area contributed by atoms with Crippen LogP contribution < -0.4 is 10.1 Å². The number of nitrogens with one attached hydrogen (secondary N) is 1. The summed E-state index contributed by atoms with van der Waals surface area (Å²) in [6.07, 6.45) is 2.23. The fourth-order valence-corrected chi connectivity index (χ4v) is 2.75. The molecule has 2 rings (SSSR count). The van der Waals surface area contributed by atoms with Crippen LogP contribution in [0.15, 0.2) is 54.6 Å². The minimum atomic E-state index is -0.634. The average Bonchev–Trinajstić information content (AvgIpc) is 2.71. The molecule has 0 radical (unpaired) electrons. The van der Waals surface area contributed by atoms with Crippen LogP contribution in [0, 0.1) is 10.1 Å². The van der Waals surface area contributed by atoms with E-state index in [1.165, 1.54) is 18.2 Å². The largest absolute Gasteiger partial charge is 0.497 e. The molecule has 0 aliphatic carbocycles. The molecule has 0 heterocycles. The fourth-order valence-electron chi connectivity index (χ4n) is 2.75. The zero-order chi connectivity index (χ0) is 22.1. The molecule has 30 heavy (non-hydrogen) atoms. The number of carbonyl (C=O) groups is 2. The summed E-state index contributed by atoms with van der Waals surface area (Å²) >= 11 is 0. The van der Waals surface area contributed by atoms with Gasteiger partial charge >= 0.3 is 5.97 Å². The third-order valence-corrected chi connectivity index (χ3v) is 4.12. The summed E-state index contributed by atoms with van der Waals surface area (Å²) in [5.74, 6) is -0.301. The Morgan fingerprint density at radius 2 is 1.80 bits per heavy atom.